The predicted molar refractivity (Wildman–Crippen MR) is 89.7 cm³/mol. The van der Waals surface area contributed by atoms with Crippen LogP contribution in [0.2, 0.25) is 0 Å². The average Bonchev–Trinajstić information content (AvgIpc) is 2.60. The number of rotatable bonds is 4. The molecule has 1 aliphatic rings. The first-order valence-corrected chi connectivity index (χ1v) is 8.14. The average molecular weight is 352 g/mol. The molecule has 5 nitrogen and oxygen atoms in total. The Kier molecular flexibility index (Phi) is 4.96. The van der Waals surface area contributed by atoms with Crippen LogP contribution in [0.5, 0.6) is 0 Å². The van der Waals surface area contributed by atoms with E-state index in [1.807, 2.05) is 23.3 Å². The SMILES string of the molecule is O=c1[nH]ncc(NCC2CCN(c3ccccc3)CC2)c1C(F)(F)F. The first kappa shape index (κ1) is 17.3. The lowest BCUT2D eigenvalue weighted by Gasteiger charge is -2.34. The fourth-order valence-corrected chi connectivity index (χ4v) is 3.10. The summed E-state index contributed by atoms with van der Waals surface area (Å²) >= 11 is 0. The molecular formula is C17H19F3N4O. The zero-order chi connectivity index (χ0) is 17.9. The number of para-hydroxylation sites is 1. The third-order valence-corrected chi connectivity index (χ3v) is 4.46. The fraction of sp³-hybridized carbons (Fsp3) is 0.412. The maximum absolute atomic E-state index is 13.0. The standard InChI is InChI=1S/C17H19F3N4O/c18-17(19,20)15-14(11-22-23-16(15)25)21-10-12-6-8-24(9-7-12)13-4-2-1-3-5-13/h1-5,11-12H,6-10H2,(H2,21,23,25). The van der Waals surface area contributed by atoms with E-state index in [0.29, 0.717) is 6.54 Å². The molecule has 0 radical (unpaired) electrons. The molecule has 0 saturated carbocycles. The van der Waals surface area contributed by atoms with Crippen molar-refractivity contribution in [1.82, 2.24) is 10.2 Å². The number of alkyl halides is 3. The molecule has 1 saturated heterocycles. The number of anilines is 2. The van der Waals surface area contributed by atoms with Crippen LogP contribution >= 0.6 is 0 Å². The van der Waals surface area contributed by atoms with Gasteiger partial charge in [0.15, 0.2) is 0 Å². The molecule has 0 amide bonds. The number of benzene rings is 1. The molecule has 0 aliphatic carbocycles. The first-order valence-electron chi connectivity index (χ1n) is 8.14. The molecule has 1 fully saturated rings. The molecule has 2 N–H and O–H groups in total. The highest BCUT2D eigenvalue weighted by molar-refractivity contribution is 5.49. The Hall–Kier alpha value is -2.51. The molecule has 25 heavy (non-hydrogen) atoms. The van der Waals surface area contributed by atoms with Gasteiger partial charge in [-0.2, -0.15) is 18.3 Å². The number of nitrogens with one attached hydrogen (secondary N) is 2. The highest BCUT2D eigenvalue weighted by atomic mass is 19.4. The van der Waals surface area contributed by atoms with E-state index in [1.54, 1.807) is 0 Å². The zero-order valence-corrected chi connectivity index (χ0v) is 13.5. The van der Waals surface area contributed by atoms with Crippen molar-refractivity contribution < 1.29 is 13.2 Å². The van der Waals surface area contributed by atoms with Crippen molar-refractivity contribution in [1.29, 1.82) is 0 Å². The Morgan fingerprint density at radius 1 is 1.20 bits per heavy atom. The Morgan fingerprint density at radius 3 is 2.52 bits per heavy atom. The first-order chi connectivity index (χ1) is 11.9. The number of nitrogens with zero attached hydrogens (tertiary/aromatic N) is 2. The van der Waals surface area contributed by atoms with E-state index in [-0.39, 0.29) is 11.6 Å². The van der Waals surface area contributed by atoms with Crippen molar-refractivity contribution in [3.8, 4) is 0 Å². The second kappa shape index (κ2) is 7.16. The normalized spacial score (nSPS) is 16.0. The molecule has 1 aromatic heterocycles. The lowest BCUT2D eigenvalue weighted by Crippen LogP contribution is -2.36. The van der Waals surface area contributed by atoms with E-state index in [4.69, 9.17) is 0 Å². The van der Waals surface area contributed by atoms with Gasteiger partial charge in [0.05, 0.1) is 11.9 Å². The van der Waals surface area contributed by atoms with Crippen molar-refractivity contribution in [3.63, 3.8) is 0 Å². The van der Waals surface area contributed by atoms with Gasteiger partial charge < -0.3 is 10.2 Å². The zero-order valence-electron chi connectivity index (χ0n) is 13.5. The van der Waals surface area contributed by atoms with Gasteiger partial charge in [-0.3, -0.25) is 4.79 Å². The molecule has 0 unspecified atom stereocenters. The van der Waals surface area contributed by atoms with Crippen LogP contribution in [0, 0.1) is 5.92 Å². The van der Waals surface area contributed by atoms with Gasteiger partial charge in [-0.05, 0) is 30.9 Å². The lowest BCUT2D eigenvalue weighted by atomic mass is 9.96. The summed E-state index contributed by atoms with van der Waals surface area (Å²) in [7, 11) is 0. The second-order valence-corrected chi connectivity index (χ2v) is 6.13. The maximum Gasteiger partial charge on any atom is 0.423 e. The number of piperidine rings is 1. The summed E-state index contributed by atoms with van der Waals surface area (Å²) in [5, 5.41) is 8.07. The third kappa shape index (κ3) is 4.12. The van der Waals surface area contributed by atoms with Crippen molar-refractivity contribution in [2.75, 3.05) is 29.9 Å². The third-order valence-electron chi connectivity index (χ3n) is 4.46. The lowest BCUT2D eigenvalue weighted by molar-refractivity contribution is -0.138. The Balaban J connectivity index is 1.59. The molecule has 1 aromatic carbocycles. The molecule has 2 aromatic rings. The summed E-state index contributed by atoms with van der Waals surface area (Å²) in [6.45, 7) is 2.10. The molecule has 2 heterocycles. The fourth-order valence-electron chi connectivity index (χ4n) is 3.10. The van der Waals surface area contributed by atoms with E-state index in [2.05, 4.69) is 27.4 Å². The number of halogens is 3. The number of H-pyrrole nitrogens is 1. The number of hydrogen-bond donors (Lipinski definition) is 2. The Labute approximate surface area is 142 Å². The van der Waals surface area contributed by atoms with E-state index < -0.39 is 17.3 Å². The van der Waals surface area contributed by atoms with Crippen molar-refractivity contribution in [2.24, 2.45) is 5.92 Å². The van der Waals surface area contributed by atoms with Crippen LogP contribution < -0.4 is 15.8 Å². The minimum Gasteiger partial charge on any atom is -0.383 e. The Morgan fingerprint density at radius 2 is 1.88 bits per heavy atom. The smallest absolute Gasteiger partial charge is 0.383 e. The minimum absolute atomic E-state index is 0.250. The van der Waals surface area contributed by atoms with Gasteiger partial charge in [0, 0.05) is 25.3 Å². The van der Waals surface area contributed by atoms with Gasteiger partial charge >= 0.3 is 6.18 Å². The maximum atomic E-state index is 13.0. The van der Waals surface area contributed by atoms with Crippen LogP contribution in [0.4, 0.5) is 24.5 Å². The van der Waals surface area contributed by atoms with Crippen LogP contribution in [-0.4, -0.2) is 29.8 Å². The van der Waals surface area contributed by atoms with Gasteiger partial charge in [0.2, 0.25) is 0 Å². The second-order valence-electron chi connectivity index (χ2n) is 6.13. The van der Waals surface area contributed by atoms with Gasteiger partial charge in [0.1, 0.15) is 5.56 Å². The predicted octanol–water partition coefficient (Wildman–Crippen LogP) is 3.12. The van der Waals surface area contributed by atoms with E-state index in [0.717, 1.165) is 37.8 Å². The summed E-state index contributed by atoms with van der Waals surface area (Å²) in [5.74, 6) is 0.250. The number of hydrogen-bond acceptors (Lipinski definition) is 4. The van der Waals surface area contributed by atoms with Crippen molar-refractivity contribution in [2.45, 2.75) is 19.0 Å². The van der Waals surface area contributed by atoms with E-state index in [1.165, 1.54) is 0 Å². The summed E-state index contributed by atoms with van der Waals surface area (Å²) in [6.07, 6.45) is -1.95. The van der Waals surface area contributed by atoms with Crippen LogP contribution in [0.15, 0.2) is 41.3 Å². The van der Waals surface area contributed by atoms with E-state index >= 15 is 0 Å². The highest BCUT2D eigenvalue weighted by Crippen LogP contribution is 2.32. The highest BCUT2D eigenvalue weighted by Gasteiger charge is 2.37. The minimum atomic E-state index is -4.71. The largest absolute Gasteiger partial charge is 0.423 e. The molecule has 0 spiro atoms. The van der Waals surface area contributed by atoms with Crippen molar-refractivity contribution in [3.05, 3.63) is 52.4 Å². The summed E-state index contributed by atoms with van der Waals surface area (Å²) in [6, 6.07) is 10.0. The molecular weight excluding hydrogens is 333 g/mol. The van der Waals surface area contributed by atoms with Crippen molar-refractivity contribution >= 4 is 11.4 Å². The van der Waals surface area contributed by atoms with Crippen LogP contribution in [0.1, 0.15) is 18.4 Å². The number of aromatic amines is 1. The van der Waals surface area contributed by atoms with Gasteiger partial charge in [-0.25, -0.2) is 5.10 Å². The molecule has 134 valence electrons. The molecule has 0 bridgehead atoms. The van der Waals surface area contributed by atoms with Crippen LogP contribution in [-0.2, 0) is 6.18 Å². The Bertz CT molecular complexity index is 752. The van der Waals surface area contributed by atoms with Gasteiger partial charge in [0.25, 0.3) is 5.56 Å². The van der Waals surface area contributed by atoms with E-state index in [9.17, 15) is 18.0 Å². The van der Waals surface area contributed by atoms with Crippen LogP contribution in [0.3, 0.4) is 0 Å². The molecule has 8 heteroatoms. The summed E-state index contributed by atoms with van der Waals surface area (Å²) in [5.41, 5.74) is -1.55. The molecule has 0 atom stereocenters. The topological polar surface area (TPSA) is 61.0 Å². The molecule has 1 aliphatic heterocycles. The van der Waals surface area contributed by atoms with Crippen LogP contribution in [0.25, 0.3) is 0 Å². The summed E-state index contributed by atoms with van der Waals surface area (Å²) < 4.78 is 39.1. The number of aromatic nitrogens is 2. The van der Waals surface area contributed by atoms with Gasteiger partial charge in [-0.1, -0.05) is 18.2 Å². The quantitative estimate of drug-likeness (QED) is 0.888. The molecule has 3 rings (SSSR count). The van der Waals surface area contributed by atoms with Gasteiger partial charge in [-0.15, -0.1) is 0 Å². The summed E-state index contributed by atoms with van der Waals surface area (Å²) in [4.78, 5) is 13.7. The monoisotopic (exact) mass is 352 g/mol.